The van der Waals surface area contributed by atoms with Gasteiger partial charge < -0.3 is 29.1 Å². The smallest absolute Gasteiger partial charge is 0.335 e. The molecule has 1 aromatic carbocycles. The van der Waals surface area contributed by atoms with Crippen LogP contribution in [0.4, 0.5) is 5.13 Å². The summed E-state index contributed by atoms with van der Waals surface area (Å²) in [5.41, 5.74) is 6.96. The zero-order valence-corrected chi connectivity index (χ0v) is 10.9. The van der Waals surface area contributed by atoms with E-state index in [0.29, 0.717) is 10.7 Å². The Kier molecular flexibility index (Phi) is 3.50. The number of hydrogen-bond donors (Lipinski definition) is 2. The lowest BCUT2D eigenvalue weighted by Gasteiger charge is -1.92. The summed E-state index contributed by atoms with van der Waals surface area (Å²) in [6.07, 6.45) is 0. The van der Waals surface area contributed by atoms with Gasteiger partial charge in [0.25, 0.3) is 0 Å². The molecule has 15 heavy (non-hydrogen) atoms. The third-order valence-corrected chi connectivity index (χ3v) is 3.14. The van der Waals surface area contributed by atoms with Crippen molar-refractivity contribution in [2.45, 2.75) is 0 Å². The van der Waals surface area contributed by atoms with E-state index >= 15 is 0 Å². The first-order valence-corrected chi connectivity index (χ1v) is 4.82. The van der Waals surface area contributed by atoms with Crippen molar-refractivity contribution in [2.24, 2.45) is 7.05 Å². The van der Waals surface area contributed by atoms with Crippen LogP contribution >= 0.6 is 11.3 Å². The van der Waals surface area contributed by atoms with Gasteiger partial charge in [-0.15, -0.1) is 0 Å². The summed E-state index contributed by atoms with van der Waals surface area (Å²) in [6, 6.07) is 4.99. The molecule has 4 nitrogen and oxygen atoms in total. The molecule has 0 fully saturated rings. The average Bonchev–Trinajstić information content (AvgIpc) is 2.42. The minimum atomic E-state index is -0.915. The highest BCUT2D eigenvalue weighted by molar-refractivity contribution is 7.21. The standard InChI is InChI=1S/C9H8N2O2S.HI/c1-11-6-3-2-5(8(12)13)4-7(6)14-9(11)10;/h2-4,10H,1H3,(H,12,13);1H. The molecular weight excluding hydrogens is 327 g/mol. The van der Waals surface area contributed by atoms with Gasteiger partial charge in [-0.2, -0.15) is 0 Å². The van der Waals surface area contributed by atoms with Crippen LogP contribution in [-0.4, -0.2) is 11.1 Å². The SMILES string of the molecule is C[n+]1c(N)sc2cc(C(=O)O)ccc21.[I-]. The van der Waals surface area contributed by atoms with Crippen LogP contribution in [0.25, 0.3) is 10.2 Å². The predicted molar refractivity (Wildman–Crippen MR) is 54.4 cm³/mol. The van der Waals surface area contributed by atoms with Gasteiger partial charge in [-0.25, -0.2) is 9.36 Å². The van der Waals surface area contributed by atoms with E-state index in [1.807, 2.05) is 11.6 Å². The van der Waals surface area contributed by atoms with Crippen molar-refractivity contribution in [1.82, 2.24) is 0 Å². The third kappa shape index (κ3) is 2.05. The summed E-state index contributed by atoms with van der Waals surface area (Å²) in [5.74, 6) is -0.915. The summed E-state index contributed by atoms with van der Waals surface area (Å²) >= 11 is 1.39. The molecule has 1 heterocycles. The number of aromatic nitrogens is 1. The third-order valence-electron chi connectivity index (χ3n) is 2.11. The number of carboxylic acid groups (broad SMARTS) is 1. The van der Waals surface area contributed by atoms with Gasteiger partial charge in [0.05, 0.1) is 17.3 Å². The van der Waals surface area contributed by atoms with Gasteiger partial charge in [0.2, 0.25) is 0 Å². The number of nitrogens with zero attached hydrogens (tertiary/aromatic N) is 1. The van der Waals surface area contributed by atoms with Crippen LogP contribution in [0.5, 0.6) is 0 Å². The van der Waals surface area contributed by atoms with Gasteiger partial charge in [-0.05, 0) is 29.5 Å². The fraction of sp³-hybridized carbons (Fsp3) is 0.111. The van der Waals surface area contributed by atoms with Crippen molar-refractivity contribution in [3.63, 3.8) is 0 Å². The molecule has 3 N–H and O–H groups in total. The van der Waals surface area contributed by atoms with Crippen molar-refractivity contribution in [3.8, 4) is 0 Å². The molecule has 0 saturated carbocycles. The van der Waals surface area contributed by atoms with E-state index in [1.165, 1.54) is 11.3 Å². The number of anilines is 1. The zero-order valence-electron chi connectivity index (χ0n) is 7.90. The number of carboxylic acids is 1. The quantitative estimate of drug-likeness (QED) is 0.468. The molecule has 2 rings (SSSR count). The zero-order chi connectivity index (χ0) is 10.3. The first-order chi connectivity index (χ1) is 6.59. The number of benzene rings is 1. The van der Waals surface area contributed by atoms with Crippen molar-refractivity contribution >= 4 is 32.7 Å². The lowest BCUT2D eigenvalue weighted by Crippen LogP contribution is -3.00. The van der Waals surface area contributed by atoms with Crippen LogP contribution in [0.1, 0.15) is 10.4 Å². The fourth-order valence-electron chi connectivity index (χ4n) is 1.31. The number of hydrogen-bond acceptors (Lipinski definition) is 3. The Morgan fingerprint density at radius 3 is 2.80 bits per heavy atom. The molecule has 0 radical (unpaired) electrons. The summed E-state index contributed by atoms with van der Waals surface area (Å²) in [6.45, 7) is 0. The lowest BCUT2D eigenvalue weighted by molar-refractivity contribution is -0.626. The average molecular weight is 336 g/mol. The fourth-order valence-corrected chi connectivity index (χ4v) is 2.26. The van der Waals surface area contributed by atoms with E-state index in [4.69, 9.17) is 10.8 Å². The number of carbonyl (C=O) groups is 1. The molecule has 80 valence electrons. The lowest BCUT2D eigenvalue weighted by atomic mass is 10.2. The monoisotopic (exact) mass is 336 g/mol. The maximum atomic E-state index is 10.7. The first-order valence-electron chi connectivity index (χ1n) is 4.01. The second kappa shape index (κ2) is 4.31. The number of thiazole rings is 1. The van der Waals surface area contributed by atoms with Gasteiger partial charge in [0.15, 0.2) is 0 Å². The Morgan fingerprint density at radius 1 is 1.53 bits per heavy atom. The van der Waals surface area contributed by atoms with E-state index in [-0.39, 0.29) is 24.0 Å². The van der Waals surface area contributed by atoms with Crippen molar-refractivity contribution in [2.75, 3.05) is 5.73 Å². The number of rotatable bonds is 1. The molecule has 6 heteroatoms. The highest BCUT2D eigenvalue weighted by atomic mass is 127. The Bertz CT molecular complexity index is 524. The van der Waals surface area contributed by atoms with Gasteiger partial charge in [-0.1, -0.05) is 0 Å². The Morgan fingerprint density at radius 2 is 2.20 bits per heavy atom. The maximum Gasteiger partial charge on any atom is 0.335 e. The van der Waals surface area contributed by atoms with Crippen molar-refractivity contribution < 1.29 is 38.4 Å². The maximum absolute atomic E-state index is 10.7. The molecule has 0 aliphatic carbocycles. The number of fused-ring (bicyclic) bond motifs is 1. The van der Waals surface area contributed by atoms with E-state index in [2.05, 4.69) is 0 Å². The molecule has 0 spiro atoms. The minimum Gasteiger partial charge on any atom is -1.00 e. The van der Waals surface area contributed by atoms with Crippen LogP contribution in [0.3, 0.4) is 0 Å². The molecule has 1 aromatic heterocycles. The topological polar surface area (TPSA) is 67.2 Å². The number of halogens is 1. The number of aromatic carboxylic acids is 1. The first kappa shape index (κ1) is 12.2. The Balaban J connectivity index is 0.00000112. The van der Waals surface area contributed by atoms with Crippen LogP contribution < -0.4 is 34.3 Å². The molecular formula is C9H9IN2O2S. The molecule has 2 aromatic rings. The predicted octanol–water partition coefficient (Wildman–Crippen LogP) is -1.99. The van der Waals surface area contributed by atoms with E-state index in [0.717, 1.165) is 10.2 Å². The van der Waals surface area contributed by atoms with Gasteiger partial charge in [-0.3, -0.25) is 5.73 Å². The van der Waals surface area contributed by atoms with E-state index in [9.17, 15) is 4.79 Å². The van der Waals surface area contributed by atoms with Crippen molar-refractivity contribution in [1.29, 1.82) is 0 Å². The molecule has 0 amide bonds. The molecule has 0 atom stereocenters. The van der Waals surface area contributed by atoms with E-state index in [1.54, 1.807) is 18.2 Å². The molecule has 0 bridgehead atoms. The Hall–Kier alpha value is -0.890. The normalized spacial score (nSPS) is 9.93. The summed E-state index contributed by atoms with van der Waals surface area (Å²) in [7, 11) is 1.86. The highest BCUT2D eigenvalue weighted by Gasteiger charge is 2.12. The van der Waals surface area contributed by atoms with Crippen LogP contribution in [-0.2, 0) is 7.05 Å². The second-order valence-corrected chi connectivity index (χ2v) is 4.05. The van der Waals surface area contributed by atoms with Gasteiger partial charge in [0, 0.05) is 0 Å². The minimum absolute atomic E-state index is 0. The van der Waals surface area contributed by atoms with Gasteiger partial charge >= 0.3 is 11.1 Å². The number of nitrogens with two attached hydrogens (primary N) is 1. The number of nitrogen functional groups attached to an aromatic ring is 1. The molecule has 0 aliphatic heterocycles. The van der Waals surface area contributed by atoms with Crippen molar-refractivity contribution in [3.05, 3.63) is 23.8 Å². The van der Waals surface area contributed by atoms with E-state index < -0.39 is 5.97 Å². The number of aryl methyl sites for hydroxylation is 1. The van der Waals surface area contributed by atoms with Crippen LogP contribution in [0.15, 0.2) is 18.2 Å². The molecule has 0 saturated heterocycles. The molecule has 0 unspecified atom stereocenters. The second-order valence-electron chi connectivity index (χ2n) is 2.99. The van der Waals surface area contributed by atoms with Crippen LogP contribution in [0, 0.1) is 0 Å². The summed E-state index contributed by atoms with van der Waals surface area (Å²) in [5, 5.41) is 9.46. The Labute approximate surface area is 107 Å². The van der Waals surface area contributed by atoms with Crippen LogP contribution in [0.2, 0.25) is 0 Å². The summed E-state index contributed by atoms with van der Waals surface area (Å²) < 4.78 is 2.73. The highest BCUT2D eigenvalue weighted by Crippen LogP contribution is 2.22. The molecule has 0 aliphatic rings. The van der Waals surface area contributed by atoms with Gasteiger partial charge in [0.1, 0.15) is 5.52 Å². The summed E-state index contributed by atoms with van der Waals surface area (Å²) in [4.78, 5) is 10.7. The largest absolute Gasteiger partial charge is 1.00 e.